The molecule has 0 radical (unpaired) electrons. The van der Waals surface area contributed by atoms with Crippen molar-refractivity contribution in [1.29, 1.82) is 0 Å². The van der Waals surface area contributed by atoms with E-state index >= 15 is 0 Å². The summed E-state index contributed by atoms with van der Waals surface area (Å²) in [5, 5.41) is 11.2. The Balaban J connectivity index is 2.16. The van der Waals surface area contributed by atoms with E-state index in [2.05, 4.69) is 48.4 Å². The summed E-state index contributed by atoms with van der Waals surface area (Å²) in [4.78, 5) is 0. The number of hydrogen-bond donors (Lipinski definition) is 1. The molecule has 0 fully saturated rings. The number of likely N-dealkylation sites (N-methyl/N-ethyl adjacent to an activating group) is 1. The summed E-state index contributed by atoms with van der Waals surface area (Å²) in [6, 6.07) is 8.31. The highest BCUT2D eigenvalue weighted by molar-refractivity contribution is 5.53. The zero-order chi connectivity index (χ0) is 13.9. The summed E-state index contributed by atoms with van der Waals surface area (Å²) in [6.45, 7) is 7.43. The van der Waals surface area contributed by atoms with E-state index in [1.165, 1.54) is 5.56 Å². The van der Waals surface area contributed by atoms with Crippen LogP contribution in [0.15, 0.2) is 28.7 Å². The second-order valence-electron chi connectivity index (χ2n) is 5.68. The number of hydrogen-bond acceptors (Lipinski definition) is 4. The SMILES string of the molecule is CNCCc1nnc(-c2ccc(C(C)(C)C)cc2)o1. The lowest BCUT2D eigenvalue weighted by Crippen LogP contribution is -2.10. The quantitative estimate of drug-likeness (QED) is 0.917. The molecule has 19 heavy (non-hydrogen) atoms. The van der Waals surface area contributed by atoms with Crippen LogP contribution in [0.3, 0.4) is 0 Å². The lowest BCUT2D eigenvalue weighted by molar-refractivity contribution is 0.500. The Morgan fingerprint density at radius 3 is 2.37 bits per heavy atom. The summed E-state index contributed by atoms with van der Waals surface area (Å²) < 4.78 is 5.64. The number of benzene rings is 1. The number of aromatic nitrogens is 2. The van der Waals surface area contributed by atoms with Gasteiger partial charge in [0.2, 0.25) is 11.8 Å². The van der Waals surface area contributed by atoms with Crippen molar-refractivity contribution < 1.29 is 4.42 Å². The van der Waals surface area contributed by atoms with E-state index in [4.69, 9.17) is 4.42 Å². The molecule has 2 rings (SSSR count). The zero-order valence-electron chi connectivity index (χ0n) is 12.0. The van der Waals surface area contributed by atoms with Gasteiger partial charge < -0.3 is 9.73 Å². The maximum absolute atomic E-state index is 5.64. The van der Waals surface area contributed by atoms with Gasteiger partial charge in [-0.25, -0.2) is 0 Å². The molecular formula is C15H21N3O. The average molecular weight is 259 g/mol. The van der Waals surface area contributed by atoms with Crippen LogP contribution in [0.5, 0.6) is 0 Å². The maximum Gasteiger partial charge on any atom is 0.247 e. The van der Waals surface area contributed by atoms with Crippen LogP contribution in [0.25, 0.3) is 11.5 Å². The van der Waals surface area contributed by atoms with Crippen molar-refractivity contribution in [3.8, 4) is 11.5 Å². The van der Waals surface area contributed by atoms with E-state index < -0.39 is 0 Å². The van der Waals surface area contributed by atoms with E-state index in [9.17, 15) is 0 Å². The van der Waals surface area contributed by atoms with Crippen molar-refractivity contribution >= 4 is 0 Å². The van der Waals surface area contributed by atoms with Crippen LogP contribution in [0.1, 0.15) is 32.2 Å². The smallest absolute Gasteiger partial charge is 0.247 e. The van der Waals surface area contributed by atoms with Crippen molar-refractivity contribution in [2.24, 2.45) is 0 Å². The van der Waals surface area contributed by atoms with E-state index in [0.29, 0.717) is 11.8 Å². The molecule has 1 N–H and O–H groups in total. The maximum atomic E-state index is 5.64. The van der Waals surface area contributed by atoms with Crippen LogP contribution in [0, 0.1) is 0 Å². The van der Waals surface area contributed by atoms with Gasteiger partial charge in [-0.15, -0.1) is 10.2 Å². The first-order valence-corrected chi connectivity index (χ1v) is 6.58. The predicted octanol–water partition coefficient (Wildman–Crippen LogP) is 2.80. The molecular weight excluding hydrogens is 238 g/mol. The Labute approximate surface area is 114 Å². The Morgan fingerprint density at radius 1 is 1.11 bits per heavy atom. The average Bonchev–Trinajstić information content (AvgIpc) is 2.84. The molecule has 0 bridgehead atoms. The van der Waals surface area contributed by atoms with Gasteiger partial charge in [-0.2, -0.15) is 0 Å². The first-order valence-electron chi connectivity index (χ1n) is 6.58. The van der Waals surface area contributed by atoms with Gasteiger partial charge in [-0.3, -0.25) is 0 Å². The predicted molar refractivity (Wildman–Crippen MR) is 76.1 cm³/mol. The highest BCUT2D eigenvalue weighted by Crippen LogP contribution is 2.25. The van der Waals surface area contributed by atoms with Crippen molar-refractivity contribution in [3.05, 3.63) is 35.7 Å². The molecule has 0 atom stereocenters. The second kappa shape index (κ2) is 5.53. The van der Waals surface area contributed by atoms with Crippen molar-refractivity contribution in [2.45, 2.75) is 32.6 Å². The molecule has 102 valence electrons. The monoisotopic (exact) mass is 259 g/mol. The number of rotatable bonds is 4. The Hall–Kier alpha value is -1.68. The molecule has 0 saturated carbocycles. The van der Waals surface area contributed by atoms with E-state index in [-0.39, 0.29) is 5.41 Å². The van der Waals surface area contributed by atoms with E-state index in [1.54, 1.807) is 0 Å². The highest BCUT2D eigenvalue weighted by Gasteiger charge is 2.14. The molecule has 0 spiro atoms. The Kier molecular flexibility index (Phi) is 4.00. The third-order valence-corrected chi connectivity index (χ3v) is 3.05. The van der Waals surface area contributed by atoms with Gasteiger partial charge in [0.1, 0.15) is 0 Å². The fraction of sp³-hybridized carbons (Fsp3) is 0.467. The minimum atomic E-state index is 0.158. The van der Waals surface area contributed by atoms with Crippen LogP contribution in [-0.4, -0.2) is 23.8 Å². The van der Waals surface area contributed by atoms with Crippen LogP contribution < -0.4 is 5.32 Å². The fourth-order valence-electron chi connectivity index (χ4n) is 1.82. The molecule has 0 unspecified atom stereocenters. The Bertz CT molecular complexity index is 523. The molecule has 1 aromatic carbocycles. The molecule has 1 heterocycles. The third kappa shape index (κ3) is 3.41. The van der Waals surface area contributed by atoms with Gasteiger partial charge in [-0.1, -0.05) is 32.9 Å². The Morgan fingerprint density at radius 2 is 1.79 bits per heavy atom. The third-order valence-electron chi connectivity index (χ3n) is 3.05. The van der Waals surface area contributed by atoms with Crippen LogP contribution in [-0.2, 0) is 11.8 Å². The molecule has 0 saturated heterocycles. The highest BCUT2D eigenvalue weighted by atomic mass is 16.4. The van der Waals surface area contributed by atoms with Crippen LogP contribution in [0.4, 0.5) is 0 Å². The van der Waals surface area contributed by atoms with Crippen molar-refractivity contribution in [1.82, 2.24) is 15.5 Å². The topological polar surface area (TPSA) is 51.0 Å². The van der Waals surface area contributed by atoms with Gasteiger partial charge >= 0.3 is 0 Å². The zero-order valence-corrected chi connectivity index (χ0v) is 12.0. The molecule has 0 aliphatic carbocycles. The summed E-state index contributed by atoms with van der Waals surface area (Å²) in [5.41, 5.74) is 2.42. The minimum absolute atomic E-state index is 0.158. The van der Waals surface area contributed by atoms with Gasteiger partial charge in [0, 0.05) is 18.5 Å². The molecule has 2 aromatic rings. The fourth-order valence-corrected chi connectivity index (χ4v) is 1.82. The lowest BCUT2D eigenvalue weighted by Gasteiger charge is -2.18. The summed E-state index contributed by atoms with van der Waals surface area (Å²) in [7, 11) is 1.91. The summed E-state index contributed by atoms with van der Waals surface area (Å²) in [5.74, 6) is 1.26. The largest absolute Gasteiger partial charge is 0.421 e. The first-order chi connectivity index (χ1) is 9.00. The summed E-state index contributed by atoms with van der Waals surface area (Å²) >= 11 is 0. The number of nitrogens with one attached hydrogen (secondary N) is 1. The minimum Gasteiger partial charge on any atom is -0.421 e. The molecule has 0 amide bonds. The van der Waals surface area contributed by atoms with Crippen molar-refractivity contribution in [3.63, 3.8) is 0 Å². The molecule has 0 aliphatic heterocycles. The molecule has 0 aliphatic rings. The van der Waals surface area contributed by atoms with Crippen LogP contribution in [0.2, 0.25) is 0 Å². The van der Waals surface area contributed by atoms with Gasteiger partial charge in [-0.05, 0) is 30.2 Å². The first kappa shape index (κ1) is 13.7. The van der Waals surface area contributed by atoms with E-state index in [0.717, 1.165) is 18.5 Å². The lowest BCUT2D eigenvalue weighted by atomic mass is 9.87. The van der Waals surface area contributed by atoms with Crippen molar-refractivity contribution in [2.75, 3.05) is 13.6 Å². The standard InChI is InChI=1S/C15H21N3O/c1-15(2,3)12-7-5-11(6-8-12)14-18-17-13(19-14)9-10-16-4/h5-8,16H,9-10H2,1-4H3. The normalized spacial score (nSPS) is 11.8. The van der Waals surface area contributed by atoms with Gasteiger partial charge in [0.15, 0.2) is 0 Å². The number of nitrogens with zero attached hydrogens (tertiary/aromatic N) is 2. The van der Waals surface area contributed by atoms with Gasteiger partial charge in [0.05, 0.1) is 0 Å². The van der Waals surface area contributed by atoms with Crippen LogP contribution >= 0.6 is 0 Å². The molecule has 4 heteroatoms. The van der Waals surface area contributed by atoms with E-state index in [1.807, 2.05) is 19.2 Å². The molecule has 1 aromatic heterocycles. The summed E-state index contributed by atoms with van der Waals surface area (Å²) in [6.07, 6.45) is 0.754. The van der Waals surface area contributed by atoms with Gasteiger partial charge in [0.25, 0.3) is 0 Å². The molecule has 4 nitrogen and oxygen atoms in total. The second-order valence-corrected chi connectivity index (χ2v) is 5.68.